The fourth-order valence-corrected chi connectivity index (χ4v) is 5.77. The number of anilines is 1. The van der Waals surface area contributed by atoms with Crippen molar-refractivity contribution in [2.75, 3.05) is 37.7 Å². The predicted molar refractivity (Wildman–Crippen MR) is 144 cm³/mol. The average Bonchev–Trinajstić information content (AvgIpc) is 3.80. The third-order valence-electron chi connectivity index (χ3n) is 8.02. The van der Waals surface area contributed by atoms with E-state index in [0.29, 0.717) is 12.0 Å². The van der Waals surface area contributed by atoms with Crippen LogP contribution in [-0.2, 0) is 0 Å². The minimum Gasteiger partial charge on any atom is -0.396 e. The van der Waals surface area contributed by atoms with E-state index in [1.54, 1.807) is 6.08 Å². The lowest BCUT2D eigenvalue weighted by Crippen LogP contribution is -2.54. The van der Waals surface area contributed by atoms with E-state index in [1.165, 1.54) is 53.9 Å². The van der Waals surface area contributed by atoms with Crippen molar-refractivity contribution in [3.63, 3.8) is 0 Å². The van der Waals surface area contributed by atoms with E-state index >= 15 is 0 Å². The molecular weight excluding hydrogens is 432 g/mol. The lowest BCUT2D eigenvalue weighted by molar-refractivity contribution is 0.143. The van der Waals surface area contributed by atoms with Gasteiger partial charge in [0.2, 0.25) is 0 Å². The summed E-state index contributed by atoms with van der Waals surface area (Å²) < 4.78 is 0. The largest absolute Gasteiger partial charge is 0.396 e. The number of aliphatic hydroxyl groups is 1. The minimum atomic E-state index is 0.281. The standard InChI is InChI=1S/C30H36N4O/c1-3-25-12-11-21-5-10-24(18-27(21)31-25)26-17-20(2)30(32-29(26)23-8-9-23)34-15-14-33(13-4-16-35)28(19-34)22-6-7-22/h3,5,10-12,17-18,22-23,28,35H,1,4,6-9,13-16,19H2,2H3. The lowest BCUT2D eigenvalue weighted by Gasteiger charge is -2.43. The normalized spacial score (nSPS) is 21.0. The molecule has 0 amide bonds. The summed E-state index contributed by atoms with van der Waals surface area (Å²) in [5, 5.41) is 10.5. The topological polar surface area (TPSA) is 52.5 Å². The Morgan fingerprint density at radius 2 is 1.89 bits per heavy atom. The van der Waals surface area contributed by atoms with E-state index in [-0.39, 0.29) is 6.61 Å². The van der Waals surface area contributed by atoms with Crippen LogP contribution in [0.2, 0.25) is 0 Å². The summed E-state index contributed by atoms with van der Waals surface area (Å²) >= 11 is 0. The van der Waals surface area contributed by atoms with Gasteiger partial charge in [0, 0.05) is 55.7 Å². The van der Waals surface area contributed by atoms with E-state index in [1.807, 2.05) is 6.07 Å². The molecule has 0 spiro atoms. The second-order valence-electron chi connectivity index (χ2n) is 10.6. The third-order valence-corrected chi connectivity index (χ3v) is 8.02. The van der Waals surface area contributed by atoms with E-state index in [0.717, 1.165) is 55.1 Å². The fourth-order valence-electron chi connectivity index (χ4n) is 5.77. The fraction of sp³-hybridized carbons (Fsp3) is 0.467. The maximum absolute atomic E-state index is 9.34. The van der Waals surface area contributed by atoms with Crippen molar-refractivity contribution in [2.24, 2.45) is 5.92 Å². The van der Waals surface area contributed by atoms with Crippen LogP contribution in [-0.4, -0.2) is 58.8 Å². The van der Waals surface area contributed by atoms with E-state index in [4.69, 9.17) is 9.97 Å². The molecule has 35 heavy (non-hydrogen) atoms. The summed E-state index contributed by atoms with van der Waals surface area (Å²) in [4.78, 5) is 15.3. The van der Waals surface area contributed by atoms with Gasteiger partial charge in [0.25, 0.3) is 0 Å². The SMILES string of the molecule is C=Cc1ccc2ccc(-c3cc(C)c(N4CCN(CCCO)C(C5CC5)C4)nc3C3CC3)cc2n1. The number of hydrogen-bond donors (Lipinski definition) is 1. The van der Waals surface area contributed by atoms with Crippen LogP contribution in [0.1, 0.15) is 55.0 Å². The van der Waals surface area contributed by atoms with E-state index < -0.39 is 0 Å². The molecule has 3 fully saturated rings. The van der Waals surface area contributed by atoms with Crippen molar-refractivity contribution in [1.82, 2.24) is 14.9 Å². The minimum absolute atomic E-state index is 0.281. The Morgan fingerprint density at radius 3 is 2.63 bits per heavy atom. The van der Waals surface area contributed by atoms with Crippen LogP contribution in [0, 0.1) is 12.8 Å². The summed E-state index contributed by atoms with van der Waals surface area (Å²) in [5.74, 6) is 2.55. The third kappa shape index (κ3) is 4.60. The number of rotatable bonds is 8. The van der Waals surface area contributed by atoms with Gasteiger partial charge >= 0.3 is 0 Å². The quantitative estimate of drug-likeness (QED) is 0.479. The van der Waals surface area contributed by atoms with Gasteiger partial charge in [-0.05, 0) is 80.3 Å². The lowest BCUT2D eigenvalue weighted by atomic mass is 9.97. The highest BCUT2D eigenvalue weighted by molar-refractivity contribution is 5.86. The van der Waals surface area contributed by atoms with Gasteiger partial charge in [-0.1, -0.05) is 24.8 Å². The number of nitrogens with zero attached hydrogens (tertiary/aromatic N) is 4. The maximum atomic E-state index is 9.34. The van der Waals surface area contributed by atoms with Crippen LogP contribution >= 0.6 is 0 Å². The van der Waals surface area contributed by atoms with Crippen LogP contribution in [0.25, 0.3) is 28.1 Å². The first kappa shape index (κ1) is 22.7. The molecule has 3 heterocycles. The zero-order chi connectivity index (χ0) is 23.9. The van der Waals surface area contributed by atoms with Crippen molar-refractivity contribution in [2.45, 2.75) is 51.0 Å². The van der Waals surface area contributed by atoms with Gasteiger partial charge in [0.15, 0.2) is 0 Å². The summed E-state index contributed by atoms with van der Waals surface area (Å²) in [6.45, 7) is 10.5. The van der Waals surface area contributed by atoms with Crippen LogP contribution in [0.15, 0.2) is 43.0 Å². The highest BCUT2D eigenvalue weighted by Gasteiger charge is 2.39. The zero-order valence-corrected chi connectivity index (χ0v) is 20.8. The molecule has 3 aromatic rings. The van der Waals surface area contributed by atoms with Crippen LogP contribution in [0.4, 0.5) is 5.82 Å². The van der Waals surface area contributed by atoms with Gasteiger partial charge in [-0.2, -0.15) is 0 Å². The highest BCUT2D eigenvalue weighted by atomic mass is 16.3. The van der Waals surface area contributed by atoms with Crippen LogP contribution in [0.3, 0.4) is 0 Å². The molecule has 1 N–H and O–H groups in total. The first-order valence-electron chi connectivity index (χ1n) is 13.3. The van der Waals surface area contributed by atoms with Gasteiger partial charge in [0.1, 0.15) is 5.82 Å². The number of aliphatic hydroxyl groups excluding tert-OH is 1. The molecule has 6 rings (SSSR count). The summed E-state index contributed by atoms with van der Waals surface area (Å²) in [6.07, 6.45) is 7.83. The molecule has 1 atom stereocenters. The number of benzene rings is 1. The van der Waals surface area contributed by atoms with Crippen molar-refractivity contribution in [1.29, 1.82) is 0 Å². The zero-order valence-electron chi connectivity index (χ0n) is 20.8. The summed E-state index contributed by atoms with van der Waals surface area (Å²) in [5.41, 5.74) is 6.91. The van der Waals surface area contributed by atoms with E-state index in [9.17, 15) is 5.11 Å². The smallest absolute Gasteiger partial charge is 0.131 e. The molecule has 2 aromatic heterocycles. The Balaban J connectivity index is 1.33. The van der Waals surface area contributed by atoms with Crippen LogP contribution in [0.5, 0.6) is 0 Å². The van der Waals surface area contributed by atoms with Crippen LogP contribution < -0.4 is 4.90 Å². The monoisotopic (exact) mass is 468 g/mol. The van der Waals surface area contributed by atoms with Gasteiger partial charge in [-0.3, -0.25) is 4.90 Å². The Kier molecular flexibility index (Phi) is 6.07. The van der Waals surface area contributed by atoms with Crippen molar-refractivity contribution in [3.05, 3.63) is 59.9 Å². The first-order chi connectivity index (χ1) is 17.1. The highest BCUT2D eigenvalue weighted by Crippen LogP contribution is 2.45. The molecule has 182 valence electrons. The number of aryl methyl sites for hydroxylation is 1. The van der Waals surface area contributed by atoms with E-state index in [2.05, 4.69) is 53.6 Å². The molecular formula is C30H36N4O. The molecule has 5 nitrogen and oxygen atoms in total. The number of aromatic nitrogens is 2. The predicted octanol–water partition coefficient (Wildman–Crippen LogP) is 5.41. The second kappa shape index (κ2) is 9.36. The number of hydrogen-bond acceptors (Lipinski definition) is 5. The number of pyridine rings is 2. The van der Waals surface area contributed by atoms with Crippen molar-refractivity contribution < 1.29 is 5.11 Å². The Labute approximate surface area is 208 Å². The summed E-state index contributed by atoms with van der Waals surface area (Å²) in [6, 6.07) is 13.7. The van der Waals surface area contributed by atoms with Gasteiger partial charge in [0.05, 0.1) is 16.9 Å². The molecule has 1 saturated heterocycles. The van der Waals surface area contributed by atoms with Crippen molar-refractivity contribution >= 4 is 22.8 Å². The van der Waals surface area contributed by atoms with Crippen molar-refractivity contribution in [3.8, 4) is 11.1 Å². The molecule has 2 aliphatic carbocycles. The number of fused-ring (bicyclic) bond motifs is 1. The first-order valence-corrected chi connectivity index (χ1v) is 13.3. The molecule has 0 radical (unpaired) electrons. The maximum Gasteiger partial charge on any atom is 0.131 e. The average molecular weight is 469 g/mol. The molecule has 1 aliphatic heterocycles. The van der Waals surface area contributed by atoms with Gasteiger partial charge in [-0.15, -0.1) is 0 Å². The molecule has 1 aromatic carbocycles. The molecule has 1 unspecified atom stereocenters. The Bertz CT molecular complexity index is 1250. The van der Waals surface area contributed by atoms with Gasteiger partial charge < -0.3 is 10.0 Å². The molecule has 3 aliphatic rings. The van der Waals surface area contributed by atoms with Gasteiger partial charge in [-0.25, -0.2) is 9.97 Å². The Morgan fingerprint density at radius 1 is 1.06 bits per heavy atom. The Hall–Kier alpha value is -2.76. The summed E-state index contributed by atoms with van der Waals surface area (Å²) in [7, 11) is 0. The molecule has 5 heteroatoms. The number of piperazine rings is 1. The second-order valence-corrected chi connectivity index (χ2v) is 10.6. The molecule has 0 bridgehead atoms. The molecule has 2 saturated carbocycles.